The predicted molar refractivity (Wildman–Crippen MR) is 170 cm³/mol. The lowest BCUT2D eigenvalue weighted by atomic mass is 10.1. The van der Waals surface area contributed by atoms with Crippen LogP contribution in [0, 0.1) is 5.82 Å². The average molecular weight is 654 g/mol. The maximum Gasteiger partial charge on any atom is 0.261 e. The number of amides is 2. The number of hydrogen-bond acceptors (Lipinski definition) is 6. The molecule has 2 amide bonds. The van der Waals surface area contributed by atoms with Crippen molar-refractivity contribution in [3.8, 4) is 11.5 Å². The van der Waals surface area contributed by atoms with Crippen molar-refractivity contribution in [1.29, 1.82) is 0 Å². The van der Waals surface area contributed by atoms with E-state index in [1.165, 1.54) is 41.3 Å². The monoisotopic (exact) mass is 653 g/mol. The van der Waals surface area contributed by atoms with Crippen molar-refractivity contribution in [3.63, 3.8) is 0 Å². The van der Waals surface area contributed by atoms with Gasteiger partial charge in [-0.05, 0) is 97.3 Å². The zero-order valence-electron chi connectivity index (χ0n) is 24.7. The van der Waals surface area contributed by atoms with E-state index in [2.05, 4.69) is 10.0 Å². The van der Waals surface area contributed by atoms with E-state index >= 15 is 0 Å². The number of carbonyl (C=O) groups excluding carboxylic acids is 2. The summed E-state index contributed by atoms with van der Waals surface area (Å²) in [6, 6.07) is 24.1. The first kappa shape index (κ1) is 33.3. The van der Waals surface area contributed by atoms with Gasteiger partial charge in [0.15, 0.2) is 6.61 Å². The number of anilines is 1. The summed E-state index contributed by atoms with van der Waals surface area (Å²) in [6.45, 7) is 1.76. The summed E-state index contributed by atoms with van der Waals surface area (Å²) in [6.07, 6.45) is 0.599. The van der Waals surface area contributed by atoms with E-state index in [-0.39, 0.29) is 28.8 Å². The average Bonchev–Trinajstić information content (AvgIpc) is 3.04. The standard InChI is InChI=1S/C33H33ClFN3O6S/c1-23(33(40)36-20-19-24-5-13-29(43-2)14-6-24)38(21-25-3-7-26(34)8-4-25)32(39)22-44-30-15-17-31(18-16-30)45(41,42)37-28-11-9-27(35)10-12-28/h3-18,23,37H,19-22H2,1-2H3,(H,36,40)/t23-/m1/s1. The van der Waals surface area contributed by atoms with E-state index in [1.54, 1.807) is 38.3 Å². The molecule has 0 aliphatic carbocycles. The second-order valence-electron chi connectivity index (χ2n) is 10.1. The maximum absolute atomic E-state index is 13.4. The summed E-state index contributed by atoms with van der Waals surface area (Å²) in [5.41, 5.74) is 2.01. The molecule has 0 unspecified atom stereocenters. The van der Waals surface area contributed by atoms with Gasteiger partial charge in [0.2, 0.25) is 5.91 Å². The SMILES string of the molecule is COc1ccc(CCNC(=O)[C@@H](C)N(Cc2ccc(Cl)cc2)C(=O)COc2ccc(S(=O)(=O)Nc3ccc(F)cc3)cc2)cc1. The molecule has 0 spiro atoms. The van der Waals surface area contributed by atoms with Crippen molar-refractivity contribution < 1.29 is 31.9 Å². The molecule has 0 heterocycles. The predicted octanol–water partition coefficient (Wildman–Crippen LogP) is 5.44. The highest BCUT2D eigenvalue weighted by atomic mass is 35.5. The van der Waals surface area contributed by atoms with Crippen LogP contribution in [0.2, 0.25) is 5.02 Å². The lowest BCUT2D eigenvalue weighted by Crippen LogP contribution is -2.49. The van der Waals surface area contributed by atoms with Gasteiger partial charge in [-0.2, -0.15) is 0 Å². The van der Waals surface area contributed by atoms with Gasteiger partial charge >= 0.3 is 0 Å². The Morgan fingerprint density at radius 3 is 2.09 bits per heavy atom. The third-order valence-electron chi connectivity index (χ3n) is 6.90. The Bertz CT molecular complexity index is 1680. The topological polar surface area (TPSA) is 114 Å². The van der Waals surface area contributed by atoms with Crippen molar-refractivity contribution in [3.05, 3.63) is 119 Å². The highest BCUT2D eigenvalue weighted by Gasteiger charge is 2.26. The first-order chi connectivity index (χ1) is 21.5. The molecule has 0 aromatic heterocycles. The summed E-state index contributed by atoms with van der Waals surface area (Å²) in [7, 11) is -2.34. The van der Waals surface area contributed by atoms with Crippen LogP contribution in [0.4, 0.5) is 10.1 Å². The number of nitrogens with one attached hydrogen (secondary N) is 2. The minimum absolute atomic E-state index is 0.0465. The lowest BCUT2D eigenvalue weighted by molar-refractivity contribution is -0.142. The number of methoxy groups -OCH3 is 1. The fraction of sp³-hybridized carbons (Fsp3) is 0.212. The maximum atomic E-state index is 13.4. The molecule has 0 radical (unpaired) electrons. The first-order valence-electron chi connectivity index (χ1n) is 14.0. The molecule has 4 aromatic rings. The zero-order chi connectivity index (χ0) is 32.4. The minimum Gasteiger partial charge on any atom is -0.497 e. The van der Waals surface area contributed by atoms with Gasteiger partial charge in [0.25, 0.3) is 15.9 Å². The molecule has 0 saturated carbocycles. The Hall–Kier alpha value is -4.61. The normalized spacial score (nSPS) is 11.7. The van der Waals surface area contributed by atoms with Crippen LogP contribution in [0.3, 0.4) is 0 Å². The summed E-state index contributed by atoms with van der Waals surface area (Å²) < 4.78 is 51.8. The molecule has 0 fully saturated rings. The van der Waals surface area contributed by atoms with Gasteiger partial charge in [-0.15, -0.1) is 0 Å². The smallest absolute Gasteiger partial charge is 0.261 e. The van der Waals surface area contributed by atoms with Gasteiger partial charge in [-0.3, -0.25) is 14.3 Å². The Labute approximate surface area is 267 Å². The fourth-order valence-corrected chi connectivity index (χ4v) is 5.50. The van der Waals surface area contributed by atoms with Crippen molar-refractivity contribution in [2.24, 2.45) is 0 Å². The number of ether oxygens (including phenoxy) is 2. The quantitative estimate of drug-likeness (QED) is 0.187. The Kier molecular flexibility index (Phi) is 11.4. The lowest BCUT2D eigenvalue weighted by Gasteiger charge is -2.29. The van der Waals surface area contributed by atoms with Crippen molar-refractivity contribution in [2.75, 3.05) is 25.0 Å². The molecule has 9 nitrogen and oxygen atoms in total. The molecule has 1 atom stereocenters. The molecule has 4 rings (SSSR count). The van der Waals surface area contributed by atoms with Crippen molar-refractivity contribution in [1.82, 2.24) is 10.2 Å². The largest absolute Gasteiger partial charge is 0.497 e. The van der Waals surface area contributed by atoms with Crippen LogP contribution >= 0.6 is 11.6 Å². The van der Waals surface area contributed by atoms with Gasteiger partial charge in [0.1, 0.15) is 23.4 Å². The Balaban J connectivity index is 1.38. The number of hydrogen-bond donors (Lipinski definition) is 2. The molecule has 0 aliphatic rings. The van der Waals surface area contributed by atoms with Gasteiger partial charge in [0, 0.05) is 23.8 Å². The summed E-state index contributed by atoms with van der Waals surface area (Å²) in [5, 5.41) is 3.44. The molecule has 4 aromatic carbocycles. The number of nitrogens with zero attached hydrogens (tertiary/aromatic N) is 1. The molecule has 236 valence electrons. The van der Waals surface area contributed by atoms with E-state index in [0.29, 0.717) is 18.0 Å². The second-order valence-corrected chi connectivity index (χ2v) is 12.2. The van der Waals surface area contributed by atoms with Crippen LogP contribution in [-0.4, -0.2) is 51.4 Å². The number of rotatable bonds is 14. The van der Waals surface area contributed by atoms with Gasteiger partial charge in [0.05, 0.1) is 12.0 Å². The minimum atomic E-state index is -3.94. The molecule has 0 saturated heterocycles. The Morgan fingerprint density at radius 1 is 0.867 bits per heavy atom. The first-order valence-corrected chi connectivity index (χ1v) is 15.9. The molecule has 45 heavy (non-hydrogen) atoms. The van der Waals surface area contributed by atoms with Crippen LogP contribution in [-0.2, 0) is 32.6 Å². The van der Waals surface area contributed by atoms with Crippen molar-refractivity contribution >= 4 is 39.1 Å². The van der Waals surface area contributed by atoms with E-state index in [1.807, 2.05) is 24.3 Å². The van der Waals surface area contributed by atoms with Crippen LogP contribution in [0.25, 0.3) is 0 Å². The molecule has 12 heteroatoms. The van der Waals surface area contributed by atoms with Crippen LogP contribution < -0.4 is 19.5 Å². The second kappa shape index (κ2) is 15.4. The highest BCUT2D eigenvalue weighted by molar-refractivity contribution is 7.92. The van der Waals surface area contributed by atoms with E-state index in [0.717, 1.165) is 29.0 Å². The molecule has 2 N–H and O–H groups in total. The van der Waals surface area contributed by atoms with Crippen molar-refractivity contribution in [2.45, 2.75) is 30.8 Å². The molecule has 0 aliphatic heterocycles. The Morgan fingerprint density at radius 2 is 1.47 bits per heavy atom. The molecular formula is C33H33ClFN3O6S. The van der Waals surface area contributed by atoms with E-state index in [9.17, 15) is 22.4 Å². The van der Waals surface area contributed by atoms with Gasteiger partial charge < -0.3 is 19.7 Å². The van der Waals surface area contributed by atoms with E-state index in [4.69, 9.17) is 21.1 Å². The number of carbonyl (C=O) groups is 2. The third-order valence-corrected chi connectivity index (χ3v) is 8.55. The summed E-state index contributed by atoms with van der Waals surface area (Å²) in [5.74, 6) is -0.256. The summed E-state index contributed by atoms with van der Waals surface area (Å²) >= 11 is 6.02. The number of sulfonamides is 1. The molecule has 0 bridgehead atoms. The fourth-order valence-electron chi connectivity index (χ4n) is 4.31. The molecular weight excluding hydrogens is 621 g/mol. The number of halogens is 2. The van der Waals surface area contributed by atoms with E-state index < -0.39 is 34.4 Å². The number of benzene rings is 4. The van der Waals surface area contributed by atoms with Crippen LogP contribution in [0.5, 0.6) is 11.5 Å². The zero-order valence-corrected chi connectivity index (χ0v) is 26.3. The van der Waals surface area contributed by atoms with Crippen LogP contribution in [0.15, 0.2) is 102 Å². The third kappa shape index (κ3) is 9.69. The highest BCUT2D eigenvalue weighted by Crippen LogP contribution is 2.20. The van der Waals surface area contributed by atoms with Gasteiger partial charge in [-0.1, -0.05) is 35.9 Å². The van der Waals surface area contributed by atoms with Gasteiger partial charge in [-0.25, -0.2) is 12.8 Å². The summed E-state index contributed by atoms with van der Waals surface area (Å²) in [4.78, 5) is 27.9. The van der Waals surface area contributed by atoms with Crippen LogP contribution in [0.1, 0.15) is 18.1 Å².